The lowest BCUT2D eigenvalue weighted by molar-refractivity contribution is -0.113. The fraction of sp³-hybridized carbons (Fsp3) is 0.333. The van der Waals surface area contributed by atoms with Crippen LogP contribution in [-0.2, 0) is 18.3 Å². The molecule has 1 aromatic heterocycles. The van der Waals surface area contributed by atoms with E-state index in [4.69, 9.17) is 33.9 Å². The molecule has 3 aromatic rings. The number of carbonyl (C=O) groups is 1. The molecule has 0 aliphatic rings. The van der Waals surface area contributed by atoms with Crippen molar-refractivity contribution in [2.24, 2.45) is 12.8 Å². The van der Waals surface area contributed by atoms with Gasteiger partial charge in [-0.25, -0.2) is 4.98 Å². The second kappa shape index (κ2) is 11.8. The van der Waals surface area contributed by atoms with Crippen LogP contribution in [-0.4, -0.2) is 46.9 Å². The predicted octanol–water partition coefficient (Wildman–Crippen LogP) is 4.40. The molecular formula is C24H29Cl2N5O. The third kappa shape index (κ3) is 6.40. The minimum Gasteiger partial charge on any atom is -0.369 e. The first-order chi connectivity index (χ1) is 15.5. The van der Waals surface area contributed by atoms with E-state index in [1.807, 2.05) is 19.2 Å². The van der Waals surface area contributed by atoms with Crippen LogP contribution >= 0.6 is 23.2 Å². The summed E-state index contributed by atoms with van der Waals surface area (Å²) in [5.74, 6) is 1.51. The van der Waals surface area contributed by atoms with Gasteiger partial charge in [-0.15, -0.1) is 23.2 Å². The van der Waals surface area contributed by atoms with Crippen LogP contribution in [0.15, 0.2) is 48.5 Å². The van der Waals surface area contributed by atoms with Gasteiger partial charge in [-0.3, -0.25) is 4.79 Å². The Morgan fingerprint density at radius 3 is 2.53 bits per heavy atom. The van der Waals surface area contributed by atoms with Crippen molar-refractivity contribution in [3.8, 4) is 0 Å². The lowest BCUT2D eigenvalue weighted by atomic mass is 10.1. The quantitative estimate of drug-likeness (QED) is 0.232. The van der Waals surface area contributed by atoms with Crippen LogP contribution < -0.4 is 16.0 Å². The maximum atomic E-state index is 10.8. The van der Waals surface area contributed by atoms with Crippen molar-refractivity contribution in [3.05, 3.63) is 59.7 Å². The average molecular weight is 474 g/mol. The van der Waals surface area contributed by atoms with Crippen LogP contribution in [0.2, 0.25) is 0 Å². The minimum atomic E-state index is -0.443. The Morgan fingerprint density at radius 1 is 1.16 bits per heavy atom. The molecule has 0 aliphatic carbocycles. The van der Waals surface area contributed by atoms with E-state index in [0.717, 1.165) is 60.7 Å². The fourth-order valence-electron chi connectivity index (χ4n) is 3.58. The number of aromatic nitrogens is 2. The summed E-state index contributed by atoms with van der Waals surface area (Å²) in [4.78, 5) is 17.8. The fourth-order valence-corrected chi connectivity index (χ4v) is 3.99. The standard InChI is InChI=1S/C24H29Cl2N5O/c1-30-22-10-9-20(31(15-12-25)16-13-26)17-21(22)29-24(30)28-14-2-3-18-4-6-19(7-5-18)8-11-23(27)32/h4-11,17H,2-3,12-16H2,1H3,(H2,27,32)(H,28,29). The summed E-state index contributed by atoms with van der Waals surface area (Å²) in [7, 11) is 2.02. The highest BCUT2D eigenvalue weighted by Crippen LogP contribution is 2.24. The summed E-state index contributed by atoms with van der Waals surface area (Å²) in [6.45, 7) is 2.32. The van der Waals surface area contributed by atoms with Crippen molar-refractivity contribution in [2.45, 2.75) is 12.8 Å². The summed E-state index contributed by atoms with van der Waals surface area (Å²) >= 11 is 11.9. The Hall–Kier alpha value is -2.70. The van der Waals surface area contributed by atoms with Crippen LogP contribution in [0.25, 0.3) is 17.1 Å². The third-order valence-corrected chi connectivity index (χ3v) is 5.62. The Labute approximate surface area is 199 Å². The van der Waals surface area contributed by atoms with Crippen molar-refractivity contribution in [1.29, 1.82) is 0 Å². The van der Waals surface area contributed by atoms with Gasteiger partial charge in [-0.05, 0) is 48.2 Å². The zero-order valence-corrected chi connectivity index (χ0v) is 19.7. The number of aryl methyl sites for hydroxylation is 2. The average Bonchev–Trinajstić information content (AvgIpc) is 3.10. The van der Waals surface area contributed by atoms with Gasteiger partial charge in [-0.2, -0.15) is 0 Å². The molecule has 0 bridgehead atoms. The van der Waals surface area contributed by atoms with Crippen molar-refractivity contribution >= 4 is 57.9 Å². The molecule has 1 heterocycles. The zero-order valence-electron chi connectivity index (χ0n) is 18.2. The molecular weight excluding hydrogens is 445 g/mol. The highest BCUT2D eigenvalue weighted by atomic mass is 35.5. The molecule has 6 nitrogen and oxygen atoms in total. The zero-order chi connectivity index (χ0) is 22.9. The summed E-state index contributed by atoms with van der Waals surface area (Å²) in [5, 5.41) is 3.45. The third-order valence-electron chi connectivity index (χ3n) is 5.28. The molecule has 0 fully saturated rings. The summed E-state index contributed by atoms with van der Waals surface area (Å²) < 4.78 is 2.08. The number of nitrogens with one attached hydrogen (secondary N) is 1. The second-order valence-corrected chi connectivity index (χ2v) is 8.30. The predicted molar refractivity (Wildman–Crippen MR) is 136 cm³/mol. The molecule has 0 aliphatic heterocycles. The molecule has 3 N–H and O–H groups in total. The highest BCUT2D eigenvalue weighted by Gasteiger charge is 2.11. The van der Waals surface area contributed by atoms with Gasteiger partial charge in [-0.1, -0.05) is 24.3 Å². The van der Waals surface area contributed by atoms with E-state index in [2.05, 4.69) is 45.1 Å². The number of anilines is 2. The van der Waals surface area contributed by atoms with Crippen molar-refractivity contribution in [2.75, 3.05) is 41.6 Å². The number of carbonyl (C=O) groups excluding carboxylic acids is 1. The number of hydrogen-bond donors (Lipinski definition) is 2. The molecule has 1 amide bonds. The van der Waals surface area contributed by atoms with Gasteiger partial charge in [0.2, 0.25) is 11.9 Å². The number of fused-ring (bicyclic) bond motifs is 1. The number of rotatable bonds is 12. The van der Waals surface area contributed by atoms with Gasteiger partial charge in [0, 0.05) is 50.2 Å². The van der Waals surface area contributed by atoms with Crippen molar-refractivity contribution < 1.29 is 4.79 Å². The summed E-state index contributed by atoms with van der Waals surface area (Å²) in [6.07, 6.45) is 5.01. The van der Waals surface area contributed by atoms with E-state index in [9.17, 15) is 4.79 Å². The van der Waals surface area contributed by atoms with E-state index < -0.39 is 5.91 Å². The Morgan fingerprint density at radius 2 is 1.88 bits per heavy atom. The SMILES string of the molecule is Cn1c(NCCCc2ccc(C=CC(N)=O)cc2)nc2cc(N(CCCl)CCCl)ccc21. The first kappa shape index (κ1) is 24.0. The molecule has 0 spiro atoms. The monoisotopic (exact) mass is 473 g/mol. The van der Waals surface area contributed by atoms with Crippen molar-refractivity contribution in [3.63, 3.8) is 0 Å². The maximum Gasteiger partial charge on any atom is 0.241 e. The number of amides is 1. The van der Waals surface area contributed by atoms with E-state index in [0.29, 0.717) is 11.8 Å². The van der Waals surface area contributed by atoms with E-state index in [1.54, 1.807) is 6.08 Å². The number of halogens is 2. The Bertz CT molecular complexity index is 1060. The van der Waals surface area contributed by atoms with Gasteiger partial charge in [0.15, 0.2) is 0 Å². The van der Waals surface area contributed by atoms with Crippen molar-refractivity contribution in [1.82, 2.24) is 9.55 Å². The van der Waals surface area contributed by atoms with Crippen LogP contribution in [0.3, 0.4) is 0 Å². The second-order valence-electron chi connectivity index (χ2n) is 7.54. The normalized spacial score (nSPS) is 11.3. The largest absolute Gasteiger partial charge is 0.369 e. The number of alkyl halides is 2. The number of nitrogens with zero attached hydrogens (tertiary/aromatic N) is 3. The summed E-state index contributed by atoms with van der Waals surface area (Å²) in [5.41, 5.74) is 10.4. The Balaban J connectivity index is 1.58. The lowest BCUT2D eigenvalue weighted by Gasteiger charge is -2.22. The van der Waals surface area contributed by atoms with Crippen LogP contribution in [0.1, 0.15) is 17.5 Å². The number of primary amides is 1. The molecule has 2 aromatic carbocycles. The lowest BCUT2D eigenvalue weighted by Crippen LogP contribution is -2.27. The van der Waals surface area contributed by atoms with Crippen LogP contribution in [0.5, 0.6) is 0 Å². The van der Waals surface area contributed by atoms with Gasteiger partial charge in [0.1, 0.15) is 0 Å². The maximum absolute atomic E-state index is 10.8. The van der Waals surface area contributed by atoms with E-state index in [1.165, 1.54) is 11.6 Å². The highest BCUT2D eigenvalue weighted by molar-refractivity contribution is 6.18. The van der Waals surface area contributed by atoms with Gasteiger partial charge >= 0.3 is 0 Å². The van der Waals surface area contributed by atoms with E-state index in [-0.39, 0.29) is 0 Å². The van der Waals surface area contributed by atoms with E-state index >= 15 is 0 Å². The molecule has 8 heteroatoms. The molecule has 0 unspecified atom stereocenters. The van der Waals surface area contributed by atoms with Gasteiger partial charge < -0.3 is 20.5 Å². The molecule has 32 heavy (non-hydrogen) atoms. The molecule has 170 valence electrons. The van der Waals surface area contributed by atoms with Gasteiger partial charge in [0.25, 0.3) is 0 Å². The topological polar surface area (TPSA) is 76.2 Å². The van der Waals surface area contributed by atoms with Crippen LogP contribution in [0, 0.1) is 0 Å². The first-order valence-electron chi connectivity index (χ1n) is 10.7. The molecule has 3 rings (SSSR count). The molecule has 0 saturated heterocycles. The number of nitrogens with two attached hydrogens (primary N) is 1. The number of benzene rings is 2. The van der Waals surface area contributed by atoms with Gasteiger partial charge in [0.05, 0.1) is 11.0 Å². The minimum absolute atomic E-state index is 0.443. The molecule has 0 radical (unpaired) electrons. The number of imidazole rings is 1. The Kier molecular flexibility index (Phi) is 8.82. The molecule has 0 atom stereocenters. The first-order valence-corrected chi connectivity index (χ1v) is 11.7. The summed E-state index contributed by atoms with van der Waals surface area (Å²) in [6, 6.07) is 14.4. The smallest absolute Gasteiger partial charge is 0.241 e. The van der Waals surface area contributed by atoms with Crippen LogP contribution in [0.4, 0.5) is 11.6 Å². The molecule has 0 saturated carbocycles. The number of hydrogen-bond acceptors (Lipinski definition) is 4.